The normalized spacial score (nSPS) is 27.4. The Morgan fingerprint density at radius 2 is 1.94 bits per heavy atom. The molecule has 180 valence electrons. The molecule has 0 radical (unpaired) electrons. The van der Waals surface area contributed by atoms with E-state index in [1.165, 1.54) is 12.1 Å². The van der Waals surface area contributed by atoms with Crippen molar-refractivity contribution in [2.45, 2.75) is 33.1 Å². The van der Waals surface area contributed by atoms with Gasteiger partial charge in [-0.05, 0) is 37.5 Å². The SMILES string of the molecule is CC(C)C[C@H](NC(=O)CNC(=O)c1cc(Cl)ccc1Cl)[B-]12OC(=O)C[N+]1(C)C[C@@H](C)C(=O)O2. The Morgan fingerprint density at radius 1 is 1.24 bits per heavy atom. The van der Waals surface area contributed by atoms with Gasteiger partial charge >= 0.3 is 12.7 Å². The number of fused-ring (bicyclic) bond motifs is 1. The number of hydrogen-bond acceptors (Lipinski definition) is 6. The highest BCUT2D eigenvalue weighted by Crippen LogP contribution is 2.38. The van der Waals surface area contributed by atoms with Gasteiger partial charge < -0.3 is 24.3 Å². The van der Waals surface area contributed by atoms with Gasteiger partial charge in [0.2, 0.25) is 5.91 Å². The summed E-state index contributed by atoms with van der Waals surface area (Å²) in [6.45, 7) is 3.16. The lowest BCUT2D eigenvalue weighted by Gasteiger charge is -2.55. The molecular formula is C21H28BCl2N3O6. The first-order chi connectivity index (χ1) is 15.4. The molecule has 4 atom stereocenters. The van der Waals surface area contributed by atoms with Crippen LogP contribution in [0.3, 0.4) is 0 Å². The molecule has 2 aliphatic heterocycles. The van der Waals surface area contributed by atoms with Gasteiger partial charge in [0.05, 0.1) is 35.5 Å². The molecule has 9 nitrogen and oxygen atoms in total. The highest BCUT2D eigenvalue weighted by molar-refractivity contribution is 6.67. The largest absolute Gasteiger partial charge is 0.604 e. The molecule has 2 fully saturated rings. The number of halogens is 2. The Balaban J connectivity index is 1.78. The van der Waals surface area contributed by atoms with Crippen LogP contribution in [-0.2, 0) is 23.7 Å². The number of rotatable bonds is 7. The van der Waals surface area contributed by atoms with Crippen LogP contribution in [0.15, 0.2) is 18.2 Å². The minimum atomic E-state index is -2.53. The number of likely N-dealkylation sites (N-methyl/N-ethyl adjacent to an activating group) is 1. The smallest absolute Gasteiger partial charge is 0.603 e. The van der Waals surface area contributed by atoms with Crippen LogP contribution in [0.1, 0.15) is 37.6 Å². The second-order valence-corrected chi connectivity index (χ2v) is 10.3. The van der Waals surface area contributed by atoms with E-state index in [0.717, 1.165) is 0 Å². The molecule has 0 spiro atoms. The number of quaternary nitrogens is 1. The fourth-order valence-electron chi connectivity index (χ4n) is 4.75. The minimum Gasteiger partial charge on any atom is -0.603 e. The number of benzene rings is 1. The predicted octanol–water partition coefficient (Wildman–Crippen LogP) is 1.93. The zero-order chi connectivity index (χ0) is 24.6. The highest BCUT2D eigenvalue weighted by Gasteiger charge is 2.67. The van der Waals surface area contributed by atoms with Gasteiger partial charge in [-0.3, -0.25) is 19.2 Å². The number of amides is 2. The Morgan fingerprint density at radius 3 is 2.61 bits per heavy atom. The predicted molar refractivity (Wildman–Crippen MR) is 123 cm³/mol. The van der Waals surface area contributed by atoms with Crippen LogP contribution in [0, 0.1) is 11.8 Å². The molecule has 0 aliphatic carbocycles. The molecule has 2 amide bonds. The fourth-order valence-corrected chi connectivity index (χ4v) is 5.12. The lowest BCUT2D eigenvalue weighted by Crippen LogP contribution is -2.79. The average Bonchev–Trinajstić information content (AvgIpc) is 2.97. The summed E-state index contributed by atoms with van der Waals surface area (Å²) in [7, 11) is 1.80. The number of carbonyl (C=O) groups excluding carboxylic acids is 4. The summed E-state index contributed by atoms with van der Waals surface area (Å²) < 4.78 is 11.5. The van der Waals surface area contributed by atoms with Crippen molar-refractivity contribution in [3.05, 3.63) is 33.8 Å². The van der Waals surface area contributed by atoms with Crippen LogP contribution in [0.25, 0.3) is 0 Å². The van der Waals surface area contributed by atoms with Gasteiger partial charge in [0.1, 0.15) is 6.54 Å². The summed E-state index contributed by atoms with van der Waals surface area (Å²) in [4.78, 5) is 50.1. The van der Waals surface area contributed by atoms with E-state index in [4.69, 9.17) is 32.5 Å². The molecule has 12 heteroatoms. The molecule has 0 saturated carbocycles. The Bertz CT molecular complexity index is 993. The molecule has 2 unspecified atom stereocenters. The zero-order valence-electron chi connectivity index (χ0n) is 19.0. The van der Waals surface area contributed by atoms with E-state index in [-0.39, 0.29) is 34.0 Å². The average molecular weight is 500 g/mol. The summed E-state index contributed by atoms with van der Waals surface area (Å²) in [5, 5.41) is 5.89. The van der Waals surface area contributed by atoms with Gasteiger partial charge in [-0.2, -0.15) is 0 Å². The van der Waals surface area contributed by atoms with Gasteiger partial charge in [-0.1, -0.05) is 37.0 Å². The van der Waals surface area contributed by atoms with Crippen molar-refractivity contribution in [1.82, 2.24) is 10.6 Å². The quantitative estimate of drug-likeness (QED) is 0.554. The van der Waals surface area contributed by atoms with E-state index >= 15 is 0 Å². The third-order valence-electron chi connectivity index (χ3n) is 6.20. The Kier molecular flexibility index (Phi) is 7.31. The molecule has 0 aromatic heterocycles. The lowest BCUT2D eigenvalue weighted by atomic mass is 9.55. The van der Waals surface area contributed by atoms with E-state index < -0.39 is 42.3 Å². The van der Waals surface area contributed by atoms with Crippen molar-refractivity contribution in [2.75, 3.05) is 26.7 Å². The molecule has 33 heavy (non-hydrogen) atoms. The van der Waals surface area contributed by atoms with E-state index in [2.05, 4.69) is 10.6 Å². The first kappa shape index (κ1) is 25.3. The van der Waals surface area contributed by atoms with Crippen molar-refractivity contribution >= 4 is 53.6 Å². The monoisotopic (exact) mass is 499 g/mol. The van der Waals surface area contributed by atoms with Gasteiger partial charge in [0.15, 0.2) is 0 Å². The molecular weight excluding hydrogens is 472 g/mol. The highest BCUT2D eigenvalue weighted by atomic mass is 35.5. The first-order valence-corrected chi connectivity index (χ1v) is 11.6. The second-order valence-electron chi connectivity index (χ2n) is 9.49. The van der Waals surface area contributed by atoms with E-state index in [9.17, 15) is 19.2 Å². The van der Waals surface area contributed by atoms with Crippen molar-refractivity contribution in [2.24, 2.45) is 11.8 Å². The number of nitrogens with zero attached hydrogens (tertiary/aromatic N) is 1. The van der Waals surface area contributed by atoms with E-state index in [1.807, 2.05) is 13.8 Å². The van der Waals surface area contributed by atoms with Crippen LogP contribution in [0.4, 0.5) is 0 Å². The molecule has 2 heterocycles. The Hall–Kier alpha value is -2.30. The summed E-state index contributed by atoms with van der Waals surface area (Å²) >= 11 is 12.0. The molecule has 0 bridgehead atoms. The van der Waals surface area contributed by atoms with Gasteiger partial charge in [0, 0.05) is 12.1 Å². The Labute approximate surface area is 202 Å². The lowest BCUT2D eigenvalue weighted by molar-refractivity contribution is -0.818. The van der Waals surface area contributed by atoms with Crippen LogP contribution in [0.5, 0.6) is 0 Å². The number of hydrogen-bond donors (Lipinski definition) is 2. The van der Waals surface area contributed by atoms with Crippen LogP contribution >= 0.6 is 23.2 Å². The topological polar surface area (TPSA) is 111 Å². The summed E-state index contributed by atoms with van der Waals surface area (Å²) in [5.74, 6) is -3.09. The minimum absolute atomic E-state index is 0.0477. The van der Waals surface area contributed by atoms with Crippen molar-refractivity contribution in [3.63, 3.8) is 0 Å². The summed E-state index contributed by atoms with van der Waals surface area (Å²) in [5.41, 5.74) is 0.141. The van der Waals surface area contributed by atoms with Crippen molar-refractivity contribution in [1.29, 1.82) is 0 Å². The fraction of sp³-hybridized carbons (Fsp3) is 0.524. The van der Waals surface area contributed by atoms with Crippen molar-refractivity contribution in [3.8, 4) is 0 Å². The van der Waals surface area contributed by atoms with Crippen LogP contribution in [0.2, 0.25) is 10.0 Å². The molecule has 1 aromatic carbocycles. The van der Waals surface area contributed by atoms with Gasteiger partial charge in [0.25, 0.3) is 11.9 Å². The number of nitrogens with one attached hydrogen (secondary N) is 2. The maximum atomic E-state index is 12.8. The molecule has 2 aliphatic rings. The maximum absolute atomic E-state index is 12.8. The van der Waals surface area contributed by atoms with Crippen LogP contribution in [-0.4, -0.2) is 67.5 Å². The van der Waals surface area contributed by atoms with Crippen molar-refractivity contribution < 1.29 is 32.9 Å². The molecule has 2 N–H and O–H groups in total. The standard InChI is InChI=1S/C21H28BCl2N3O6/c1-12(2)7-17(22-27(4,11-19(29)32-22)10-13(3)21(31)33-22)26-18(28)9-25-20(30)15-8-14(23)5-6-16(15)24/h5-6,8,12-13,17H,7,9-11H2,1-4H3,(H,25,30)(H,26,28)/t13-,17+,22?,27?/m1/s1. The van der Waals surface area contributed by atoms with E-state index in [1.54, 1.807) is 20.0 Å². The molecule has 1 aromatic rings. The second kappa shape index (κ2) is 9.52. The van der Waals surface area contributed by atoms with Gasteiger partial charge in [-0.25, -0.2) is 0 Å². The molecule has 2 saturated heterocycles. The van der Waals surface area contributed by atoms with E-state index in [0.29, 0.717) is 18.0 Å². The first-order valence-electron chi connectivity index (χ1n) is 10.8. The van der Waals surface area contributed by atoms with Crippen LogP contribution < -0.4 is 10.6 Å². The third kappa shape index (κ3) is 5.12. The number of carbonyl (C=O) groups is 4. The third-order valence-corrected chi connectivity index (χ3v) is 6.77. The maximum Gasteiger partial charge on any atom is 0.604 e. The zero-order valence-corrected chi connectivity index (χ0v) is 20.5. The summed E-state index contributed by atoms with van der Waals surface area (Å²) in [6.07, 6.45) is 0.405. The van der Waals surface area contributed by atoms with Gasteiger partial charge in [-0.15, -0.1) is 0 Å². The summed E-state index contributed by atoms with van der Waals surface area (Å²) in [6, 6.07) is 4.45. The molecule has 3 rings (SSSR count).